The number of aryl methyl sites for hydroxylation is 2. The Kier molecular flexibility index (Phi) is 6.05. The van der Waals surface area contributed by atoms with Crippen molar-refractivity contribution in [2.75, 3.05) is 0 Å². The van der Waals surface area contributed by atoms with E-state index in [2.05, 4.69) is 36.9 Å². The van der Waals surface area contributed by atoms with E-state index in [0.717, 1.165) is 31.6 Å². The number of aromatic amines is 1. The Morgan fingerprint density at radius 1 is 1.06 bits per heavy atom. The van der Waals surface area contributed by atoms with E-state index in [1.54, 1.807) is 11.3 Å². The predicted octanol–water partition coefficient (Wildman–Crippen LogP) is 5.85. The number of aromatic nitrogens is 5. The standard InChI is InChI=1S/C24H20ClN5OS2/c1-14-15(2)33-23-20(14)22(31)26-19(27-23)13-32-24-29-28-21(17-10-6-7-11-18(17)25)30(24)12-16-8-4-3-5-9-16/h3-11H,12-13H2,1-2H3,(H,26,27,31). The molecular formula is C24H20ClN5OS2. The quantitative estimate of drug-likeness (QED) is 0.300. The van der Waals surface area contributed by atoms with Crippen LogP contribution in [0.3, 0.4) is 0 Å². The summed E-state index contributed by atoms with van der Waals surface area (Å²) in [7, 11) is 0. The average molecular weight is 494 g/mol. The summed E-state index contributed by atoms with van der Waals surface area (Å²) in [6.07, 6.45) is 0. The number of thioether (sulfide) groups is 1. The SMILES string of the molecule is Cc1sc2nc(CSc3nnc(-c4ccccc4Cl)n3Cc3ccccc3)[nH]c(=O)c2c1C. The Labute approximate surface area is 203 Å². The van der Waals surface area contributed by atoms with E-state index >= 15 is 0 Å². The first-order chi connectivity index (χ1) is 16.0. The summed E-state index contributed by atoms with van der Waals surface area (Å²) >= 11 is 9.50. The molecule has 0 radical (unpaired) electrons. The van der Waals surface area contributed by atoms with Gasteiger partial charge in [0.05, 0.1) is 22.7 Å². The van der Waals surface area contributed by atoms with Gasteiger partial charge >= 0.3 is 0 Å². The Morgan fingerprint density at radius 3 is 2.61 bits per heavy atom. The highest BCUT2D eigenvalue weighted by molar-refractivity contribution is 7.98. The van der Waals surface area contributed by atoms with Gasteiger partial charge in [-0.25, -0.2) is 4.98 Å². The highest BCUT2D eigenvalue weighted by Crippen LogP contribution is 2.31. The number of benzene rings is 2. The van der Waals surface area contributed by atoms with E-state index in [1.807, 2.05) is 56.3 Å². The first-order valence-electron chi connectivity index (χ1n) is 10.3. The van der Waals surface area contributed by atoms with Crippen LogP contribution in [0.2, 0.25) is 5.02 Å². The first-order valence-corrected chi connectivity index (χ1v) is 12.5. The van der Waals surface area contributed by atoms with Crippen molar-refractivity contribution in [2.24, 2.45) is 0 Å². The van der Waals surface area contributed by atoms with Crippen LogP contribution < -0.4 is 5.56 Å². The van der Waals surface area contributed by atoms with Crippen LogP contribution in [-0.4, -0.2) is 24.7 Å². The summed E-state index contributed by atoms with van der Waals surface area (Å²) in [6.45, 7) is 4.57. The summed E-state index contributed by atoms with van der Waals surface area (Å²) in [5.41, 5.74) is 2.85. The molecule has 0 spiro atoms. The molecule has 3 heterocycles. The molecule has 0 aliphatic rings. The van der Waals surface area contributed by atoms with Crippen LogP contribution in [0.5, 0.6) is 0 Å². The first kappa shape index (κ1) is 21.9. The Bertz CT molecular complexity index is 1510. The van der Waals surface area contributed by atoms with Gasteiger partial charge < -0.3 is 4.98 Å². The second-order valence-electron chi connectivity index (χ2n) is 7.62. The molecule has 3 aromatic heterocycles. The van der Waals surface area contributed by atoms with E-state index in [0.29, 0.717) is 34.4 Å². The van der Waals surface area contributed by atoms with Gasteiger partial charge in [-0.1, -0.05) is 65.8 Å². The van der Waals surface area contributed by atoms with E-state index in [9.17, 15) is 4.79 Å². The fourth-order valence-corrected chi connectivity index (χ4v) is 5.72. The van der Waals surface area contributed by atoms with Crippen molar-refractivity contribution in [3.05, 3.63) is 91.8 Å². The van der Waals surface area contributed by atoms with Gasteiger partial charge in [0.1, 0.15) is 10.7 Å². The van der Waals surface area contributed by atoms with Crippen molar-refractivity contribution in [1.29, 1.82) is 0 Å². The van der Waals surface area contributed by atoms with Crippen LogP contribution in [0.25, 0.3) is 21.6 Å². The molecule has 166 valence electrons. The monoisotopic (exact) mass is 493 g/mol. The maximum atomic E-state index is 12.6. The van der Waals surface area contributed by atoms with Gasteiger partial charge in [0.15, 0.2) is 11.0 Å². The largest absolute Gasteiger partial charge is 0.309 e. The van der Waals surface area contributed by atoms with Gasteiger partial charge in [0.2, 0.25) is 0 Å². The summed E-state index contributed by atoms with van der Waals surface area (Å²) in [6, 6.07) is 17.8. The molecule has 0 fully saturated rings. The Morgan fingerprint density at radius 2 is 1.82 bits per heavy atom. The van der Waals surface area contributed by atoms with Crippen molar-refractivity contribution in [3.8, 4) is 11.4 Å². The minimum atomic E-state index is -0.0973. The molecule has 0 saturated heterocycles. The lowest BCUT2D eigenvalue weighted by molar-refractivity contribution is 0.714. The lowest BCUT2D eigenvalue weighted by Gasteiger charge is -2.11. The number of nitrogens with zero attached hydrogens (tertiary/aromatic N) is 4. The molecule has 1 N–H and O–H groups in total. The van der Waals surface area contributed by atoms with Crippen LogP contribution in [0.1, 0.15) is 21.8 Å². The number of halogens is 1. The minimum Gasteiger partial charge on any atom is -0.309 e. The lowest BCUT2D eigenvalue weighted by Crippen LogP contribution is -2.11. The molecule has 6 nitrogen and oxygen atoms in total. The number of thiophene rings is 1. The number of hydrogen-bond acceptors (Lipinski definition) is 6. The zero-order valence-corrected chi connectivity index (χ0v) is 20.4. The molecule has 0 aliphatic heterocycles. The zero-order valence-electron chi connectivity index (χ0n) is 18.0. The zero-order chi connectivity index (χ0) is 22.9. The van der Waals surface area contributed by atoms with Crippen molar-refractivity contribution >= 4 is 44.9 Å². The highest BCUT2D eigenvalue weighted by atomic mass is 35.5. The number of rotatable bonds is 6. The number of nitrogens with one attached hydrogen (secondary N) is 1. The predicted molar refractivity (Wildman–Crippen MR) is 135 cm³/mol. The maximum absolute atomic E-state index is 12.6. The molecule has 0 unspecified atom stereocenters. The molecule has 0 saturated carbocycles. The second kappa shape index (κ2) is 9.13. The molecule has 33 heavy (non-hydrogen) atoms. The summed E-state index contributed by atoms with van der Waals surface area (Å²) in [5.74, 6) is 1.79. The Balaban J connectivity index is 1.50. The van der Waals surface area contributed by atoms with Crippen LogP contribution in [0, 0.1) is 13.8 Å². The van der Waals surface area contributed by atoms with Gasteiger partial charge in [0.25, 0.3) is 5.56 Å². The number of fused-ring (bicyclic) bond motifs is 1. The third-order valence-electron chi connectivity index (χ3n) is 5.44. The summed E-state index contributed by atoms with van der Waals surface area (Å²) in [5, 5.41) is 10.9. The highest BCUT2D eigenvalue weighted by Gasteiger charge is 2.18. The van der Waals surface area contributed by atoms with Gasteiger partial charge in [0, 0.05) is 10.4 Å². The summed E-state index contributed by atoms with van der Waals surface area (Å²) in [4.78, 5) is 22.1. The molecule has 5 aromatic rings. The van der Waals surface area contributed by atoms with E-state index in [1.165, 1.54) is 11.8 Å². The van der Waals surface area contributed by atoms with Crippen LogP contribution in [0.15, 0.2) is 64.5 Å². The third-order valence-corrected chi connectivity index (χ3v) is 7.85. The molecule has 5 rings (SSSR count). The number of hydrogen-bond donors (Lipinski definition) is 1. The molecule has 0 aliphatic carbocycles. The van der Waals surface area contributed by atoms with E-state index in [-0.39, 0.29) is 5.56 Å². The molecule has 0 amide bonds. The van der Waals surface area contributed by atoms with E-state index < -0.39 is 0 Å². The second-order valence-corrected chi connectivity index (χ2v) is 10.2. The smallest absolute Gasteiger partial charge is 0.259 e. The van der Waals surface area contributed by atoms with Crippen molar-refractivity contribution in [1.82, 2.24) is 24.7 Å². The fraction of sp³-hybridized carbons (Fsp3) is 0.167. The molecule has 0 atom stereocenters. The molecular weight excluding hydrogens is 474 g/mol. The normalized spacial score (nSPS) is 11.4. The maximum Gasteiger partial charge on any atom is 0.259 e. The van der Waals surface area contributed by atoms with E-state index in [4.69, 9.17) is 11.6 Å². The van der Waals surface area contributed by atoms with Crippen LogP contribution >= 0.6 is 34.7 Å². The van der Waals surface area contributed by atoms with Crippen molar-refractivity contribution in [2.45, 2.75) is 31.3 Å². The summed E-state index contributed by atoms with van der Waals surface area (Å²) < 4.78 is 2.05. The molecule has 9 heteroatoms. The van der Waals surface area contributed by atoms with Crippen molar-refractivity contribution in [3.63, 3.8) is 0 Å². The van der Waals surface area contributed by atoms with Crippen LogP contribution in [-0.2, 0) is 12.3 Å². The van der Waals surface area contributed by atoms with Crippen molar-refractivity contribution < 1.29 is 0 Å². The van der Waals surface area contributed by atoms with Gasteiger partial charge in [-0.15, -0.1) is 21.5 Å². The fourth-order valence-electron chi connectivity index (χ4n) is 3.65. The molecule has 2 aromatic carbocycles. The average Bonchev–Trinajstić information content (AvgIpc) is 3.33. The Hall–Kier alpha value is -2.94. The number of H-pyrrole nitrogens is 1. The van der Waals surface area contributed by atoms with Gasteiger partial charge in [-0.2, -0.15) is 0 Å². The van der Waals surface area contributed by atoms with Gasteiger partial charge in [-0.05, 0) is 37.1 Å². The van der Waals surface area contributed by atoms with Gasteiger partial charge in [-0.3, -0.25) is 9.36 Å². The third kappa shape index (κ3) is 4.34. The topological polar surface area (TPSA) is 76.5 Å². The minimum absolute atomic E-state index is 0.0973. The van der Waals surface area contributed by atoms with Crippen LogP contribution in [0.4, 0.5) is 0 Å². The lowest BCUT2D eigenvalue weighted by atomic mass is 10.2. The molecule has 0 bridgehead atoms.